The first-order chi connectivity index (χ1) is 18.1. The minimum atomic E-state index is -4.96. The van der Waals surface area contributed by atoms with Crippen LogP contribution in [0.25, 0.3) is 11.3 Å². The topological polar surface area (TPSA) is 113 Å². The number of aromatic nitrogens is 3. The molecule has 14 heteroatoms. The third kappa shape index (κ3) is 7.20. The standard InChI is InChI=1S/C24H23F4N7O3/c1-34-9-11-35(12-10-34)14-21(36)30-19-13-15(38-24(26,27)28)4-5-17(19)23(37)31-20-7-6-18(32-33-20)16-3-2-8-29-22(16)25/h2-8,13H,9-12,14H2,1H3,(H,30,36)(H,31,33,37). The van der Waals surface area contributed by atoms with Crippen molar-refractivity contribution < 1.29 is 31.9 Å². The van der Waals surface area contributed by atoms with Gasteiger partial charge in [0.2, 0.25) is 11.9 Å². The third-order valence-corrected chi connectivity index (χ3v) is 5.65. The minimum absolute atomic E-state index is 0.00288. The molecule has 200 valence electrons. The Morgan fingerprint density at radius 1 is 1.03 bits per heavy atom. The van der Waals surface area contributed by atoms with Crippen molar-refractivity contribution in [1.29, 1.82) is 0 Å². The summed E-state index contributed by atoms with van der Waals surface area (Å²) in [6, 6.07) is 8.76. The number of anilines is 2. The third-order valence-electron chi connectivity index (χ3n) is 5.65. The summed E-state index contributed by atoms with van der Waals surface area (Å²) in [4.78, 5) is 33.2. The van der Waals surface area contributed by atoms with Crippen LogP contribution in [0.3, 0.4) is 0 Å². The molecule has 1 aliphatic rings. The molecule has 0 aliphatic carbocycles. The second-order valence-corrected chi connectivity index (χ2v) is 8.48. The van der Waals surface area contributed by atoms with Gasteiger partial charge in [0.25, 0.3) is 5.91 Å². The predicted molar refractivity (Wildman–Crippen MR) is 129 cm³/mol. The number of nitrogens with one attached hydrogen (secondary N) is 2. The lowest BCUT2D eigenvalue weighted by Gasteiger charge is -2.31. The molecular weight excluding hydrogens is 510 g/mol. The maximum Gasteiger partial charge on any atom is 0.573 e. The second kappa shape index (κ2) is 11.5. The Morgan fingerprint density at radius 2 is 1.79 bits per heavy atom. The average Bonchev–Trinajstić information content (AvgIpc) is 2.85. The van der Waals surface area contributed by atoms with E-state index in [-0.39, 0.29) is 34.9 Å². The maximum absolute atomic E-state index is 13.9. The molecular formula is C24H23F4N7O3. The average molecular weight is 533 g/mol. The van der Waals surface area contributed by atoms with Crippen LogP contribution in [0.15, 0.2) is 48.7 Å². The summed E-state index contributed by atoms with van der Waals surface area (Å²) < 4.78 is 56.1. The van der Waals surface area contributed by atoms with Crippen LogP contribution >= 0.6 is 0 Å². The zero-order valence-electron chi connectivity index (χ0n) is 20.1. The second-order valence-electron chi connectivity index (χ2n) is 8.48. The molecule has 0 unspecified atom stereocenters. The lowest BCUT2D eigenvalue weighted by Crippen LogP contribution is -2.47. The highest BCUT2D eigenvalue weighted by molar-refractivity contribution is 6.10. The Hall–Kier alpha value is -4.17. The first-order valence-corrected chi connectivity index (χ1v) is 11.4. The monoisotopic (exact) mass is 533 g/mol. The predicted octanol–water partition coefficient (Wildman–Crippen LogP) is 3.01. The molecule has 0 radical (unpaired) electrons. The van der Waals surface area contributed by atoms with E-state index in [0.717, 1.165) is 31.3 Å². The lowest BCUT2D eigenvalue weighted by atomic mass is 10.1. The molecule has 4 rings (SSSR count). The fourth-order valence-corrected chi connectivity index (χ4v) is 3.72. The summed E-state index contributed by atoms with van der Waals surface area (Å²) >= 11 is 0. The molecule has 2 amide bonds. The Morgan fingerprint density at radius 3 is 2.45 bits per heavy atom. The van der Waals surface area contributed by atoms with Gasteiger partial charge in [0.05, 0.1) is 29.1 Å². The van der Waals surface area contributed by atoms with E-state index in [1.165, 1.54) is 30.5 Å². The van der Waals surface area contributed by atoms with Gasteiger partial charge in [-0.05, 0) is 43.4 Å². The van der Waals surface area contributed by atoms with E-state index in [1.807, 2.05) is 11.9 Å². The van der Waals surface area contributed by atoms with Crippen molar-refractivity contribution in [2.45, 2.75) is 6.36 Å². The normalized spacial score (nSPS) is 14.7. The number of hydrogen-bond acceptors (Lipinski definition) is 8. The number of pyridine rings is 1. The largest absolute Gasteiger partial charge is 0.573 e. The van der Waals surface area contributed by atoms with Crippen LogP contribution in [0.4, 0.5) is 29.1 Å². The highest BCUT2D eigenvalue weighted by Gasteiger charge is 2.31. The molecule has 0 spiro atoms. The molecule has 10 nitrogen and oxygen atoms in total. The maximum atomic E-state index is 13.9. The molecule has 2 aromatic heterocycles. The zero-order chi connectivity index (χ0) is 27.3. The molecule has 0 atom stereocenters. The number of rotatable bonds is 7. The Labute approximate surface area is 214 Å². The first kappa shape index (κ1) is 26.9. The van der Waals surface area contributed by atoms with Gasteiger partial charge in [-0.3, -0.25) is 14.5 Å². The van der Waals surface area contributed by atoms with Gasteiger partial charge in [-0.25, -0.2) is 4.98 Å². The molecule has 3 aromatic rings. The van der Waals surface area contributed by atoms with Crippen molar-refractivity contribution in [3.8, 4) is 17.0 Å². The van der Waals surface area contributed by atoms with Gasteiger partial charge >= 0.3 is 6.36 Å². The van der Waals surface area contributed by atoms with Crippen LogP contribution in [0.5, 0.6) is 5.75 Å². The molecule has 1 saturated heterocycles. The fourth-order valence-electron chi connectivity index (χ4n) is 3.72. The van der Waals surface area contributed by atoms with E-state index in [4.69, 9.17) is 0 Å². The summed E-state index contributed by atoms with van der Waals surface area (Å²) in [6.07, 6.45) is -3.68. The van der Waals surface area contributed by atoms with E-state index in [2.05, 4.69) is 35.5 Å². The van der Waals surface area contributed by atoms with E-state index >= 15 is 0 Å². The number of ether oxygens (including phenoxy) is 1. The summed E-state index contributed by atoms with van der Waals surface area (Å²) in [5.74, 6) is -2.62. The number of alkyl halides is 3. The molecule has 0 saturated carbocycles. The van der Waals surface area contributed by atoms with Crippen molar-refractivity contribution in [1.82, 2.24) is 25.0 Å². The van der Waals surface area contributed by atoms with Gasteiger partial charge in [-0.15, -0.1) is 23.4 Å². The van der Waals surface area contributed by atoms with Gasteiger partial charge < -0.3 is 20.3 Å². The molecule has 1 aliphatic heterocycles. The molecule has 1 aromatic carbocycles. The van der Waals surface area contributed by atoms with Crippen molar-refractivity contribution in [3.63, 3.8) is 0 Å². The SMILES string of the molecule is CN1CCN(CC(=O)Nc2cc(OC(F)(F)F)ccc2C(=O)Nc2ccc(-c3cccnc3F)nn2)CC1. The highest BCUT2D eigenvalue weighted by Crippen LogP contribution is 2.28. The summed E-state index contributed by atoms with van der Waals surface area (Å²) in [7, 11) is 1.96. The van der Waals surface area contributed by atoms with Crippen molar-refractivity contribution in [2.24, 2.45) is 0 Å². The molecule has 38 heavy (non-hydrogen) atoms. The molecule has 1 fully saturated rings. The van der Waals surface area contributed by atoms with Gasteiger partial charge in [-0.2, -0.15) is 4.39 Å². The van der Waals surface area contributed by atoms with Crippen molar-refractivity contribution in [2.75, 3.05) is 50.4 Å². The van der Waals surface area contributed by atoms with Crippen LogP contribution in [0, 0.1) is 5.95 Å². The number of likely N-dealkylation sites (N-methyl/N-ethyl adjacent to an activating group) is 1. The van der Waals surface area contributed by atoms with Crippen molar-refractivity contribution in [3.05, 3.63) is 60.2 Å². The van der Waals surface area contributed by atoms with Crippen LogP contribution in [0.1, 0.15) is 10.4 Å². The number of hydrogen-bond donors (Lipinski definition) is 2. The van der Waals surface area contributed by atoms with Gasteiger partial charge in [0.1, 0.15) is 5.75 Å². The van der Waals surface area contributed by atoms with E-state index in [0.29, 0.717) is 13.1 Å². The van der Waals surface area contributed by atoms with Gasteiger partial charge in [-0.1, -0.05) is 0 Å². The van der Waals surface area contributed by atoms with E-state index in [1.54, 1.807) is 0 Å². The summed E-state index contributed by atoms with van der Waals surface area (Å²) in [5, 5.41) is 12.7. The lowest BCUT2D eigenvalue weighted by molar-refractivity contribution is -0.274. The molecule has 2 N–H and O–H groups in total. The number of amides is 2. The summed E-state index contributed by atoms with van der Waals surface area (Å²) in [5.41, 5.74) is -0.0107. The van der Waals surface area contributed by atoms with E-state index < -0.39 is 29.9 Å². The molecule has 0 bridgehead atoms. The van der Waals surface area contributed by atoms with Crippen LogP contribution in [0.2, 0.25) is 0 Å². The van der Waals surface area contributed by atoms with Gasteiger partial charge in [0, 0.05) is 38.4 Å². The Bertz CT molecular complexity index is 1300. The molecule has 3 heterocycles. The first-order valence-electron chi connectivity index (χ1n) is 11.4. The number of halogens is 4. The van der Waals surface area contributed by atoms with E-state index in [9.17, 15) is 27.2 Å². The van der Waals surface area contributed by atoms with Crippen LogP contribution in [-0.2, 0) is 4.79 Å². The fraction of sp³-hybridized carbons (Fsp3) is 0.292. The number of carbonyl (C=O) groups excluding carboxylic acids is 2. The van der Waals surface area contributed by atoms with Crippen LogP contribution in [-0.4, -0.2) is 82.9 Å². The highest BCUT2D eigenvalue weighted by atomic mass is 19.4. The number of piperazine rings is 1. The Kier molecular flexibility index (Phi) is 8.12. The number of benzene rings is 1. The smallest absolute Gasteiger partial charge is 0.406 e. The van der Waals surface area contributed by atoms with Gasteiger partial charge in [0.15, 0.2) is 5.82 Å². The number of nitrogens with zero attached hydrogens (tertiary/aromatic N) is 5. The number of carbonyl (C=O) groups is 2. The van der Waals surface area contributed by atoms with Crippen molar-refractivity contribution >= 4 is 23.3 Å². The van der Waals surface area contributed by atoms with Crippen LogP contribution < -0.4 is 15.4 Å². The summed E-state index contributed by atoms with van der Waals surface area (Å²) in [6.45, 7) is 2.82. The Balaban J connectivity index is 1.51. The quantitative estimate of drug-likeness (QED) is 0.352. The minimum Gasteiger partial charge on any atom is -0.406 e. The zero-order valence-corrected chi connectivity index (χ0v) is 20.1.